The molecule has 0 fully saturated rings. The van der Waals surface area contributed by atoms with Crippen LogP contribution in [0.15, 0.2) is 54.6 Å². The molecule has 0 bridgehead atoms. The Balaban J connectivity index is 1.99. The number of aliphatic hydroxyl groups excluding tert-OH is 1. The Kier molecular flexibility index (Phi) is 5.85. The molecule has 0 amide bonds. The highest BCUT2D eigenvalue weighted by Crippen LogP contribution is 2.24. The molecule has 112 valence electrons. The number of aliphatic hydroxyl groups is 1. The summed E-state index contributed by atoms with van der Waals surface area (Å²) in [6.45, 7) is 3.85. The van der Waals surface area contributed by atoms with Gasteiger partial charge in [-0.25, -0.2) is 0 Å². The summed E-state index contributed by atoms with van der Waals surface area (Å²) in [6, 6.07) is 18.8. The van der Waals surface area contributed by atoms with Crippen molar-refractivity contribution in [3.8, 4) is 11.1 Å². The minimum absolute atomic E-state index is 0.000948. The summed E-state index contributed by atoms with van der Waals surface area (Å²) in [7, 11) is 0. The molecule has 0 saturated heterocycles. The van der Waals surface area contributed by atoms with Gasteiger partial charge in [-0.2, -0.15) is 11.8 Å². The van der Waals surface area contributed by atoms with E-state index < -0.39 is 0 Å². The predicted molar refractivity (Wildman–Crippen MR) is 92.4 cm³/mol. The van der Waals surface area contributed by atoms with Crippen molar-refractivity contribution in [3.05, 3.63) is 60.2 Å². The van der Waals surface area contributed by atoms with Crippen molar-refractivity contribution in [1.29, 1.82) is 0 Å². The van der Waals surface area contributed by atoms with Crippen molar-refractivity contribution in [2.45, 2.75) is 31.2 Å². The Hall–Kier alpha value is -1.29. The van der Waals surface area contributed by atoms with Gasteiger partial charge in [-0.1, -0.05) is 61.5 Å². The fourth-order valence-electron chi connectivity index (χ4n) is 2.04. The lowest BCUT2D eigenvalue weighted by Gasteiger charge is -2.18. The second-order valence-electron chi connectivity index (χ2n) is 5.37. The predicted octanol–water partition coefficient (Wildman–Crippen LogP) is 3.86. The number of hydrogen-bond donors (Lipinski definition) is 2. The Morgan fingerprint density at radius 2 is 1.52 bits per heavy atom. The van der Waals surface area contributed by atoms with Crippen molar-refractivity contribution >= 4 is 11.8 Å². The normalized spacial score (nSPS) is 15.4. The summed E-state index contributed by atoms with van der Waals surface area (Å²) in [4.78, 5) is 0. The third-order valence-corrected chi connectivity index (χ3v) is 5.14. The highest BCUT2D eigenvalue weighted by Gasteiger charge is 2.13. The Bertz CT molecular complexity index is 539. The van der Waals surface area contributed by atoms with Crippen molar-refractivity contribution in [1.82, 2.24) is 0 Å². The van der Waals surface area contributed by atoms with Gasteiger partial charge >= 0.3 is 0 Å². The van der Waals surface area contributed by atoms with Gasteiger partial charge in [0.2, 0.25) is 0 Å². The standard InChI is InChI=1S/C18H23NOS/c1-13(20)14(2)21-12-18(19)17-10-8-16(9-11-17)15-6-4-3-5-7-15/h3-11,13-14,18,20H,12,19H2,1-2H3. The van der Waals surface area contributed by atoms with Crippen LogP contribution in [0.25, 0.3) is 11.1 Å². The number of hydrogen-bond acceptors (Lipinski definition) is 3. The molecule has 0 aliphatic carbocycles. The van der Waals surface area contributed by atoms with Gasteiger partial charge in [-0.05, 0) is 23.6 Å². The van der Waals surface area contributed by atoms with Gasteiger partial charge in [0.15, 0.2) is 0 Å². The largest absolute Gasteiger partial charge is 0.392 e. The summed E-state index contributed by atoms with van der Waals surface area (Å²) >= 11 is 1.71. The van der Waals surface area contributed by atoms with Gasteiger partial charge in [0, 0.05) is 17.0 Å². The molecule has 0 aliphatic heterocycles. The maximum atomic E-state index is 9.51. The van der Waals surface area contributed by atoms with Gasteiger partial charge in [0.05, 0.1) is 6.10 Å². The van der Waals surface area contributed by atoms with Gasteiger partial charge in [0.25, 0.3) is 0 Å². The zero-order chi connectivity index (χ0) is 15.2. The molecule has 0 aliphatic rings. The molecule has 2 rings (SSSR count). The summed E-state index contributed by atoms with van der Waals surface area (Å²) in [5, 5.41) is 9.71. The van der Waals surface area contributed by atoms with Crippen LogP contribution in [-0.2, 0) is 0 Å². The van der Waals surface area contributed by atoms with E-state index in [4.69, 9.17) is 5.73 Å². The van der Waals surface area contributed by atoms with E-state index in [2.05, 4.69) is 36.4 Å². The Morgan fingerprint density at radius 1 is 0.952 bits per heavy atom. The van der Waals surface area contributed by atoms with Crippen LogP contribution in [0, 0.1) is 0 Å². The Labute approximate surface area is 131 Å². The number of rotatable bonds is 6. The lowest BCUT2D eigenvalue weighted by molar-refractivity contribution is 0.196. The van der Waals surface area contributed by atoms with Crippen molar-refractivity contribution in [2.75, 3.05) is 5.75 Å². The molecule has 3 atom stereocenters. The summed E-state index contributed by atoms with van der Waals surface area (Å²) < 4.78 is 0. The fraction of sp³-hybridized carbons (Fsp3) is 0.333. The summed E-state index contributed by atoms with van der Waals surface area (Å²) in [5.74, 6) is 0.816. The van der Waals surface area contributed by atoms with E-state index in [0.29, 0.717) is 0 Å². The molecular formula is C18H23NOS. The molecule has 3 N–H and O–H groups in total. The zero-order valence-corrected chi connectivity index (χ0v) is 13.4. The SMILES string of the molecule is CC(O)C(C)SCC(N)c1ccc(-c2ccccc2)cc1. The first kappa shape index (κ1) is 16.1. The lowest BCUT2D eigenvalue weighted by Crippen LogP contribution is -2.20. The highest BCUT2D eigenvalue weighted by atomic mass is 32.2. The second kappa shape index (κ2) is 7.64. The molecule has 0 spiro atoms. The van der Waals surface area contributed by atoms with Gasteiger partial charge in [-0.3, -0.25) is 0 Å². The molecule has 0 saturated carbocycles. The quantitative estimate of drug-likeness (QED) is 0.851. The monoisotopic (exact) mass is 301 g/mol. The number of thioether (sulfide) groups is 1. The Morgan fingerprint density at radius 3 is 2.10 bits per heavy atom. The van der Waals surface area contributed by atoms with Crippen LogP contribution in [0.5, 0.6) is 0 Å². The van der Waals surface area contributed by atoms with Crippen LogP contribution >= 0.6 is 11.8 Å². The van der Waals surface area contributed by atoms with Gasteiger partial charge < -0.3 is 10.8 Å². The van der Waals surface area contributed by atoms with Gasteiger partial charge in [-0.15, -0.1) is 0 Å². The van der Waals surface area contributed by atoms with Crippen LogP contribution in [0.1, 0.15) is 25.5 Å². The molecule has 3 heteroatoms. The van der Waals surface area contributed by atoms with Crippen LogP contribution in [-0.4, -0.2) is 22.2 Å². The molecule has 0 heterocycles. The van der Waals surface area contributed by atoms with E-state index in [1.165, 1.54) is 11.1 Å². The smallest absolute Gasteiger partial charge is 0.0628 e. The first-order chi connectivity index (χ1) is 10.1. The lowest BCUT2D eigenvalue weighted by atomic mass is 10.0. The van der Waals surface area contributed by atoms with Crippen LogP contribution in [0.3, 0.4) is 0 Å². The van der Waals surface area contributed by atoms with Crippen LogP contribution < -0.4 is 5.73 Å². The zero-order valence-electron chi connectivity index (χ0n) is 12.6. The average Bonchev–Trinajstić information content (AvgIpc) is 2.53. The molecule has 2 nitrogen and oxygen atoms in total. The molecule has 0 aromatic heterocycles. The molecule has 2 aromatic rings. The molecule has 3 unspecified atom stereocenters. The van der Waals surface area contributed by atoms with E-state index >= 15 is 0 Å². The third-order valence-electron chi connectivity index (χ3n) is 3.66. The molecule has 2 aromatic carbocycles. The number of benzene rings is 2. The molecule has 21 heavy (non-hydrogen) atoms. The first-order valence-electron chi connectivity index (χ1n) is 7.28. The maximum absolute atomic E-state index is 9.51. The van der Waals surface area contributed by atoms with Crippen LogP contribution in [0.2, 0.25) is 0 Å². The van der Waals surface area contributed by atoms with E-state index in [-0.39, 0.29) is 17.4 Å². The first-order valence-corrected chi connectivity index (χ1v) is 8.33. The van der Waals surface area contributed by atoms with E-state index in [1.54, 1.807) is 11.8 Å². The highest BCUT2D eigenvalue weighted by molar-refractivity contribution is 7.99. The maximum Gasteiger partial charge on any atom is 0.0628 e. The average molecular weight is 301 g/mol. The minimum atomic E-state index is -0.303. The number of nitrogens with two attached hydrogens (primary N) is 1. The van der Waals surface area contributed by atoms with E-state index in [0.717, 1.165) is 11.3 Å². The fourth-order valence-corrected chi connectivity index (χ4v) is 3.03. The topological polar surface area (TPSA) is 46.2 Å². The van der Waals surface area contributed by atoms with E-state index in [9.17, 15) is 5.11 Å². The van der Waals surface area contributed by atoms with Crippen LogP contribution in [0.4, 0.5) is 0 Å². The van der Waals surface area contributed by atoms with Gasteiger partial charge in [0.1, 0.15) is 0 Å². The third kappa shape index (κ3) is 4.60. The van der Waals surface area contributed by atoms with Crippen molar-refractivity contribution < 1.29 is 5.11 Å². The summed E-state index contributed by atoms with van der Waals surface area (Å²) in [6.07, 6.45) is -0.303. The minimum Gasteiger partial charge on any atom is -0.392 e. The molecular weight excluding hydrogens is 278 g/mol. The van der Waals surface area contributed by atoms with Crippen molar-refractivity contribution in [3.63, 3.8) is 0 Å². The van der Waals surface area contributed by atoms with Crippen molar-refractivity contribution in [2.24, 2.45) is 5.73 Å². The second-order valence-corrected chi connectivity index (χ2v) is 6.78. The summed E-state index contributed by atoms with van der Waals surface area (Å²) in [5.41, 5.74) is 9.79. The van der Waals surface area contributed by atoms with E-state index in [1.807, 2.05) is 32.0 Å². The molecule has 0 radical (unpaired) electrons.